The fourth-order valence-electron chi connectivity index (χ4n) is 4.00. The molecule has 4 unspecified atom stereocenters. The van der Waals surface area contributed by atoms with Gasteiger partial charge in [0.1, 0.15) is 0 Å². The van der Waals surface area contributed by atoms with Crippen LogP contribution in [0.4, 0.5) is 0 Å². The number of amides is 2. The Morgan fingerprint density at radius 1 is 1.19 bits per heavy atom. The Morgan fingerprint density at radius 2 is 1.81 bits per heavy atom. The molecule has 2 fully saturated rings. The number of fused-ring (bicyclic) bond motifs is 5. The number of carbonyl (C=O) groups excluding carboxylic acids is 2. The molecule has 4 atom stereocenters. The van der Waals surface area contributed by atoms with E-state index >= 15 is 0 Å². The van der Waals surface area contributed by atoms with Crippen LogP contribution in [0, 0.1) is 37.5 Å². The molecule has 1 saturated heterocycles. The van der Waals surface area contributed by atoms with E-state index in [1.807, 2.05) is 19.9 Å². The highest BCUT2D eigenvalue weighted by Gasteiger charge is 2.59. The number of H-pyrrole nitrogens is 1. The number of hydrogen-bond donors (Lipinski definition) is 1. The molecule has 3 aliphatic rings. The number of nitrogens with one attached hydrogen (secondary N) is 1. The third kappa shape index (κ3) is 1.66. The van der Waals surface area contributed by atoms with Gasteiger partial charge in [0, 0.05) is 17.0 Å². The standard InChI is InChI=1S/C16H17N3O2/c1-8-5-12(9(2)18-8)7-17-19-15(20)13-10-3-4-11(6-10)14(13)16(19)21/h3-5,7,10-11,13-14,18H,6H2,1-2H3/b17-7+. The molecule has 2 heterocycles. The summed E-state index contributed by atoms with van der Waals surface area (Å²) in [5, 5.41) is 5.26. The van der Waals surface area contributed by atoms with Gasteiger partial charge in [0.15, 0.2) is 0 Å². The molecule has 4 rings (SSSR count). The van der Waals surface area contributed by atoms with E-state index in [0.717, 1.165) is 28.4 Å². The van der Waals surface area contributed by atoms with Crippen molar-refractivity contribution in [2.75, 3.05) is 0 Å². The van der Waals surface area contributed by atoms with Gasteiger partial charge < -0.3 is 4.98 Å². The molecule has 2 bridgehead atoms. The van der Waals surface area contributed by atoms with E-state index in [4.69, 9.17) is 0 Å². The number of hydrogen-bond acceptors (Lipinski definition) is 3. The third-order valence-electron chi connectivity index (χ3n) is 4.95. The van der Waals surface area contributed by atoms with Crippen LogP contribution in [0.15, 0.2) is 23.3 Å². The van der Waals surface area contributed by atoms with E-state index in [2.05, 4.69) is 22.2 Å². The quantitative estimate of drug-likeness (QED) is 0.511. The number of rotatable bonds is 2. The van der Waals surface area contributed by atoms with Gasteiger partial charge in [-0.2, -0.15) is 10.1 Å². The van der Waals surface area contributed by atoms with Crippen molar-refractivity contribution < 1.29 is 9.59 Å². The summed E-state index contributed by atoms with van der Waals surface area (Å²) >= 11 is 0. The van der Waals surface area contributed by atoms with Crippen LogP contribution in [0.2, 0.25) is 0 Å². The zero-order chi connectivity index (χ0) is 14.7. The van der Waals surface area contributed by atoms with Gasteiger partial charge in [0.05, 0.1) is 18.1 Å². The van der Waals surface area contributed by atoms with E-state index < -0.39 is 0 Å². The number of aromatic amines is 1. The predicted molar refractivity (Wildman–Crippen MR) is 77.4 cm³/mol. The molecular formula is C16H17N3O2. The molecule has 1 aliphatic heterocycles. The molecule has 1 N–H and O–H groups in total. The van der Waals surface area contributed by atoms with Crippen molar-refractivity contribution in [2.45, 2.75) is 20.3 Å². The van der Waals surface area contributed by atoms with Gasteiger partial charge in [-0.25, -0.2) is 0 Å². The zero-order valence-electron chi connectivity index (χ0n) is 12.0. The lowest BCUT2D eigenvalue weighted by Gasteiger charge is -2.13. The van der Waals surface area contributed by atoms with E-state index in [1.54, 1.807) is 6.21 Å². The van der Waals surface area contributed by atoms with Gasteiger partial charge >= 0.3 is 0 Å². The fourth-order valence-corrected chi connectivity index (χ4v) is 4.00. The van der Waals surface area contributed by atoms with Crippen LogP contribution in [-0.4, -0.2) is 28.0 Å². The van der Waals surface area contributed by atoms with Gasteiger partial charge in [-0.05, 0) is 38.2 Å². The van der Waals surface area contributed by atoms with Gasteiger partial charge in [0.2, 0.25) is 0 Å². The van der Waals surface area contributed by atoms with Crippen LogP contribution in [-0.2, 0) is 9.59 Å². The number of aromatic nitrogens is 1. The molecular weight excluding hydrogens is 266 g/mol. The average molecular weight is 283 g/mol. The largest absolute Gasteiger partial charge is 0.362 e. The second-order valence-electron chi connectivity index (χ2n) is 6.27. The van der Waals surface area contributed by atoms with Gasteiger partial charge in [-0.15, -0.1) is 0 Å². The maximum Gasteiger partial charge on any atom is 0.254 e. The molecule has 0 spiro atoms. The van der Waals surface area contributed by atoms with Crippen LogP contribution >= 0.6 is 0 Å². The highest BCUT2D eigenvalue weighted by Crippen LogP contribution is 2.52. The van der Waals surface area contributed by atoms with Crippen LogP contribution in [0.25, 0.3) is 0 Å². The number of carbonyl (C=O) groups is 2. The number of allylic oxidation sites excluding steroid dienone is 2. The first-order valence-corrected chi connectivity index (χ1v) is 7.32. The maximum atomic E-state index is 12.4. The Balaban J connectivity index is 1.61. The van der Waals surface area contributed by atoms with Gasteiger partial charge in [-0.3, -0.25) is 9.59 Å². The SMILES string of the molecule is Cc1cc(/C=N/N2C(=O)C3C4C=CC(C4)C3C2=O)c(C)[nH]1. The van der Waals surface area contributed by atoms with Crippen molar-refractivity contribution in [3.05, 3.63) is 35.2 Å². The number of hydrazone groups is 1. The Hall–Kier alpha value is -2.17. The van der Waals surface area contributed by atoms with Crippen LogP contribution in [0.5, 0.6) is 0 Å². The second-order valence-corrected chi connectivity index (χ2v) is 6.27. The minimum atomic E-state index is -0.182. The van der Waals surface area contributed by atoms with Crippen LogP contribution in [0.1, 0.15) is 23.4 Å². The Labute approximate surface area is 122 Å². The maximum absolute atomic E-state index is 12.4. The Kier molecular flexibility index (Phi) is 2.49. The van der Waals surface area contributed by atoms with Gasteiger partial charge in [0.25, 0.3) is 11.8 Å². The minimum absolute atomic E-state index is 0.136. The van der Waals surface area contributed by atoms with Crippen molar-refractivity contribution in [1.29, 1.82) is 0 Å². The summed E-state index contributed by atoms with van der Waals surface area (Å²) in [6.07, 6.45) is 6.72. The molecule has 2 aliphatic carbocycles. The summed E-state index contributed by atoms with van der Waals surface area (Å²) in [5.74, 6) is -0.177. The first kappa shape index (κ1) is 12.6. The topological polar surface area (TPSA) is 65.5 Å². The van der Waals surface area contributed by atoms with Crippen molar-refractivity contribution in [1.82, 2.24) is 9.99 Å². The molecule has 21 heavy (non-hydrogen) atoms. The van der Waals surface area contributed by atoms with Crippen LogP contribution in [0.3, 0.4) is 0 Å². The molecule has 108 valence electrons. The van der Waals surface area contributed by atoms with Crippen molar-refractivity contribution in [2.24, 2.45) is 28.8 Å². The number of nitrogens with zero attached hydrogens (tertiary/aromatic N) is 2. The molecule has 5 nitrogen and oxygen atoms in total. The van der Waals surface area contributed by atoms with Crippen molar-refractivity contribution in [3.63, 3.8) is 0 Å². The molecule has 5 heteroatoms. The van der Waals surface area contributed by atoms with E-state index in [-0.39, 0.29) is 35.5 Å². The van der Waals surface area contributed by atoms with Gasteiger partial charge in [-0.1, -0.05) is 12.2 Å². The summed E-state index contributed by atoms with van der Waals surface area (Å²) in [7, 11) is 0. The predicted octanol–water partition coefficient (Wildman–Crippen LogP) is 1.77. The highest BCUT2D eigenvalue weighted by atomic mass is 16.2. The smallest absolute Gasteiger partial charge is 0.254 e. The fraction of sp³-hybridized carbons (Fsp3) is 0.438. The number of aryl methyl sites for hydroxylation is 2. The Bertz CT molecular complexity index is 670. The molecule has 2 amide bonds. The van der Waals surface area contributed by atoms with Crippen molar-refractivity contribution in [3.8, 4) is 0 Å². The molecule has 1 aromatic rings. The van der Waals surface area contributed by atoms with E-state index in [9.17, 15) is 9.59 Å². The minimum Gasteiger partial charge on any atom is -0.362 e. The first-order chi connectivity index (χ1) is 10.1. The lowest BCUT2D eigenvalue weighted by molar-refractivity contribution is -0.140. The lowest BCUT2D eigenvalue weighted by atomic mass is 9.85. The normalized spacial score (nSPS) is 33.7. The van der Waals surface area contributed by atoms with E-state index in [0.29, 0.717) is 0 Å². The summed E-state index contributed by atoms with van der Waals surface area (Å²) in [5.41, 5.74) is 2.93. The first-order valence-electron chi connectivity index (χ1n) is 7.32. The molecule has 0 aromatic carbocycles. The molecule has 1 aromatic heterocycles. The van der Waals surface area contributed by atoms with Crippen LogP contribution < -0.4 is 0 Å². The average Bonchev–Trinajstić information content (AvgIpc) is 3.15. The second kappa shape index (κ2) is 4.16. The molecule has 1 saturated carbocycles. The lowest BCUT2D eigenvalue weighted by Crippen LogP contribution is -2.28. The highest BCUT2D eigenvalue weighted by molar-refractivity contribution is 6.06. The van der Waals surface area contributed by atoms with E-state index in [1.165, 1.54) is 0 Å². The summed E-state index contributed by atoms with van der Waals surface area (Å²) in [6.45, 7) is 3.91. The van der Waals surface area contributed by atoms with Crippen molar-refractivity contribution >= 4 is 18.0 Å². The Morgan fingerprint density at radius 3 is 2.33 bits per heavy atom. The third-order valence-corrected chi connectivity index (χ3v) is 4.95. The summed E-state index contributed by atoms with van der Waals surface area (Å²) in [4.78, 5) is 28.1. The summed E-state index contributed by atoms with van der Waals surface area (Å²) in [6, 6.07) is 1.95. The molecule has 0 radical (unpaired) electrons. The summed E-state index contributed by atoms with van der Waals surface area (Å²) < 4.78 is 0. The monoisotopic (exact) mass is 283 g/mol. The number of imide groups is 1. The zero-order valence-corrected chi connectivity index (χ0v) is 12.0.